The molecule has 142 valence electrons. The predicted octanol–water partition coefficient (Wildman–Crippen LogP) is 5.44. The molecule has 5 heteroatoms. The number of halogens is 2. The van der Waals surface area contributed by atoms with Crippen LogP contribution in [0.15, 0.2) is 66.7 Å². The first-order valence-electron chi connectivity index (χ1n) is 9.37. The highest BCUT2D eigenvalue weighted by atomic mass is 35.5. The van der Waals surface area contributed by atoms with Gasteiger partial charge in [0.2, 0.25) is 0 Å². The number of hydrogen-bond donors (Lipinski definition) is 0. The fourth-order valence-corrected chi connectivity index (χ4v) is 3.80. The molecule has 0 spiro atoms. The van der Waals surface area contributed by atoms with E-state index in [9.17, 15) is 9.18 Å². The molecule has 1 saturated heterocycles. The second-order valence-electron chi connectivity index (χ2n) is 7.02. The first-order chi connectivity index (χ1) is 13.6. The third kappa shape index (κ3) is 4.07. The Morgan fingerprint density at radius 3 is 2.57 bits per heavy atom. The van der Waals surface area contributed by atoms with E-state index in [2.05, 4.69) is 0 Å². The number of likely N-dealkylation sites (tertiary alicyclic amines) is 1. The molecular weight excluding hydrogens is 375 g/mol. The fraction of sp³-hybridized carbons (Fsp3) is 0.217. The van der Waals surface area contributed by atoms with Gasteiger partial charge >= 0.3 is 0 Å². The average Bonchev–Trinajstić information content (AvgIpc) is 3.20. The summed E-state index contributed by atoms with van der Waals surface area (Å²) in [6.07, 6.45) is 2.52. The summed E-state index contributed by atoms with van der Waals surface area (Å²) in [7, 11) is 0. The van der Waals surface area contributed by atoms with Gasteiger partial charge in [0.1, 0.15) is 5.82 Å². The zero-order valence-electron chi connectivity index (χ0n) is 15.3. The molecule has 2 heterocycles. The molecule has 0 aliphatic carbocycles. The standard InChI is InChI=1S/C23H20ClFN2O/c24-18-10-6-16(7-11-18)15-20-3-1-4-21(26-20)22-5-2-14-27(22)23(28)17-8-12-19(25)13-9-17/h1,3-4,6-13,22H,2,5,14-15H2. The molecule has 0 saturated carbocycles. The smallest absolute Gasteiger partial charge is 0.254 e. The second kappa shape index (κ2) is 8.11. The molecule has 1 aliphatic heterocycles. The number of hydrogen-bond acceptors (Lipinski definition) is 2. The molecule has 0 N–H and O–H groups in total. The van der Waals surface area contributed by atoms with Crippen molar-refractivity contribution in [2.24, 2.45) is 0 Å². The van der Waals surface area contributed by atoms with Gasteiger partial charge in [-0.3, -0.25) is 9.78 Å². The van der Waals surface area contributed by atoms with Crippen LogP contribution >= 0.6 is 11.6 Å². The van der Waals surface area contributed by atoms with Crippen molar-refractivity contribution in [3.63, 3.8) is 0 Å². The lowest BCUT2D eigenvalue weighted by atomic mass is 10.1. The number of carbonyl (C=O) groups is 1. The van der Waals surface area contributed by atoms with Crippen molar-refractivity contribution in [2.45, 2.75) is 25.3 Å². The zero-order valence-corrected chi connectivity index (χ0v) is 16.1. The van der Waals surface area contributed by atoms with Crippen LogP contribution in [-0.4, -0.2) is 22.3 Å². The van der Waals surface area contributed by atoms with Crippen LogP contribution in [0.3, 0.4) is 0 Å². The van der Waals surface area contributed by atoms with E-state index in [-0.39, 0.29) is 17.8 Å². The van der Waals surface area contributed by atoms with Crippen molar-refractivity contribution >= 4 is 17.5 Å². The van der Waals surface area contributed by atoms with E-state index in [1.54, 1.807) is 0 Å². The van der Waals surface area contributed by atoms with Gasteiger partial charge in [-0.25, -0.2) is 4.39 Å². The maximum atomic E-state index is 13.2. The minimum absolute atomic E-state index is 0.0530. The van der Waals surface area contributed by atoms with Crippen LogP contribution < -0.4 is 0 Å². The predicted molar refractivity (Wildman–Crippen MR) is 108 cm³/mol. The number of benzene rings is 2. The van der Waals surface area contributed by atoms with Gasteiger partial charge in [-0.05, 0) is 66.9 Å². The van der Waals surface area contributed by atoms with Gasteiger partial charge < -0.3 is 4.90 Å². The third-order valence-electron chi connectivity index (χ3n) is 5.07. The van der Waals surface area contributed by atoms with Crippen LogP contribution in [0.25, 0.3) is 0 Å². The van der Waals surface area contributed by atoms with E-state index in [1.165, 1.54) is 24.3 Å². The van der Waals surface area contributed by atoms with Crippen LogP contribution in [0.1, 0.15) is 46.2 Å². The lowest BCUT2D eigenvalue weighted by Crippen LogP contribution is -2.31. The summed E-state index contributed by atoms with van der Waals surface area (Å²) in [6.45, 7) is 0.684. The lowest BCUT2D eigenvalue weighted by molar-refractivity contribution is 0.0732. The summed E-state index contributed by atoms with van der Waals surface area (Å²) in [5.74, 6) is -0.418. The molecule has 0 radical (unpaired) electrons. The van der Waals surface area contributed by atoms with Gasteiger partial charge in [-0.1, -0.05) is 29.8 Å². The van der Waals surface area contributed by atoms with E-state index in [0.29, 0.717) is 23.6 Å². The Morgan fingerprint density at radius 1 is 1.07 bits per heavy atom. The SMILES string of the molecule is O=C(c1ccc(F)cc1)N1CCCC1c1cccc(Cc2ccc(Cl)cc2)n1. The number of pyridine rings is 1. The first kappa shape index (κ1) is 18.6. The summed E-state index contributed by atoms with van der Waals surface area (Å²) in [4.78, 5) is 19.6. The van der Waals surface area contributed by atoms with E-state index in [4.69, 9.17) is 16.6 Å². The van der Waals surface area contributed by atoms with Gasteiger partial charge in [0.15, 0.2) is 0 Å². The molecule has 0 bridgehead atoms. The number of rotatable bonds is 4. The second-order valence-corrected chi connectivity index (χ2v) is 7.46. The summed E-state index contributed by atoms with van der Waals surface area (Å²) in [5.41, 5.74) is 3.51. The van der Waals surface area contributed by atoms with Crippen molar-refractivity contribution in [3.8, 4) is 0 Å². The minimum atomic E-state index is -0.342. The van der Waals surface area contributed by atoms with Crippen LogP contribution in [0.5, 0.6) is 0 Å². The highest BCUT2D eigenvalue weighted by Crippen LogP contribution is 2.32. The summed E-state index contributed by atoms with van der Waals surface area (Å²) in [5, 5.41) is 0.714. The molecule has 1 unspecified atom stereocenters. The fourth-order valence-electron chi connectivity index (χ4n) is 3.67. The Labute approximate surface area is 168 Å². The Morgan fingerprint density at radius 2 is 1.82 bits per heavy atom. The summed E-state index contributed by atoms with van der Waals surface area (Å²) >= 11 is 5.96. The average molecular weight is 395 g/mol. The lowest BCUT2D eigenvalue weighted by Gasteiger charge is -2.25. The highest BCUT2D eigenvalue weighted by molar-refractivity contribution is 6.30. The molecule has 28 heavy (non-hydrogen) atoms. The van der Waals surface area contributed by atoms with Crippen LogP contribution in [0.4, 0.5) is 4.39 Å². The zero-order chi connectivity index (χ0) is 19.5. The Kier molecular flexibility index (Phi) is 5.40. The topological polar surface area (TPSA) is 33.2 Å². The van der Waals surface area contributed by atoms with Crippen molar-refractivity contribution in [3.05, 3.63) is 100 Å². The summed E-state index contributed by atoms with van der Waals surface area (Å²) < 4.78 is 13.2. The Hall–Kier alpha value is -2.72. The van der Waals surface area contributed by atoms with Crippen LogP contribution in [0, 0.1) is 5.82 Å². The minimum Gasteiger partial charge on any atom is -0.330 e. The van der Waals surface area contributed by atoms with E-state index in [0.717, 1.165) is 29.8 Å². The van der Waals surface area contributed by atoms with Gasteiger partial charge in [0, 0.05) is 29.2 Å². The van der Waals surface area contributed by atoms with Crippen molar-refractivity contribution in [1.82, 2.24) is 9.88 Å². The monoisotopic (exact) mass is 394 g/mol. The molecule has 3 nitrogen and oxygen atoms in total. The van der Waals surface area contributed by atoms with E-state index < -0.39 is 0 Å². The third-order valence-corrected chi connectivity index (χ3v) is 5.33. The molecular formula is C23H20ClFN2O. The Bertz CT molecular complexity index is 973. The van der Waals surface area contributed by atoms with Gasteiger partial charge in [-0.2, -0.15) is 0 Å². The summed E-state index contributed by atoms with van der Waals surface area (Å²) in [6, 6.07) is 19.4. The largest absolute Gasteiger partial charge is 0.330 e. The van der Waals surface area contributed by atoms with Crippen molar-refractivity contribution in [1.29, 1.82) is 0 Å². The molecule has 3 aromatic rings. The quantitative estimate of drug-likeness (QED) is 0.590. The molecule has 1 fully saturated rings. The van der Waals surface area contributed by atoms with Gasteiger partial charge in [0.05, 0.1) is 11.7 Å². The van der Waals surface area contributed by atoms with Crippen LogP contribution in [-0.2, 0) is 6.42 Å². The van der Waals surface area contributed by atoms with Gasteiger partial charge in [0.25, 0.3) is 5.91 Å². The molecule has 1 aromatic heterocycles. The number of nitrogens with zero attached hydrogens (tertiary/aromatic N) is 2. The molecule has 4 rings (SSSR count). The van der Waals surface area contributed by atoms with E-state index >= 15 is 0 Å². The highest BCUT2D eigenvalue weighted by Gasteiger charge is 2.31. The number of carbonyl (C=O) groups excluding carboxylic acids is 1. The van der Waals surface area contributed by atoms with Crippen molar-refractivity contribution in [2.75, 3.05) is 6.54 Å². The number of amides is 1. The molecule has 1 atom stereocenters. The maximum absolute atomic E-state index is 13.2. The Balaban J connectivity index is 1.55. The van der Waals surface area contributed by atoms with Gasteiger partial charge in [-0.15, -0.1) is 0 Å². The molecule has 1 amide bonds. The first-order valence-corrected chi connectivity index (χ1v) is 9.75. The maximum Gasteiger partial charge on any atom is 0.254 e. The van der Waals surface area contributed by atoms with E-state index in [1.807, 2.05) is 47.4 Å². The molecule has 2 aromatic carbocycles. The molecule has 1 aliphatic rings. The van der Waals surface area contributed by atoms with Crippen molar-refractivity contribution < 1.29 is 9.18 Å². The number of aromatic nitrogens is 1. The van der Waals surface area contributed by atoms with Crippen LogP contribution in [0.2, 0.25) is 5.02 Å². The normalized spacial score (nSPS) is 16.4.